The lowest BCUT2D eigenvalue weighted by molar-refractivity contribution is -0.192. The van der Waals surface area contributed by atoms with Crippen molar-refractivity contribution in [3.05, 3.63) is 71.8 Å². The van der Waals surface area contributed by atoms with Crippen molar-refractivity contribution in [2.45, 2.75) is 76.4 Å². The topological polar surface area (TPSA) is 43.4 Å². The predicted octanol–water partition coefficient (Wildman–Crippen LogP) is 6.60. The smallest absolute Gasteiger partial charge is 0.158 e. The average Bonchev–Trinajstić information content (AvgIpc) is 3.19. The zero-order valence-electron chi connectivity index (χ0n) is 23.7. The van der Waals surface area contributed by atoms with Gasteiger partial charge in [0.05, 0.1) is 12.2 Å². The molecule has 2 aromatic rings. The van der Waals surface area contributed by atoms with Crippen molar-refractivity contribution in [3.63, 3.8) is 0 Å². The Morgan fingerprint density at radius 2 is 1.20 bits per heavy atom. The Labute approximate surface area is 257 Å². The average molecular weight is 683 g/mol. The molecule has 0 N–H and O–H groups in total. The van der Waals surface area contributed by atoms with Gasteiger partial charge < -0.3 is 18.9 Å². The molecule has 0 bridgehead atoms. The van der Waals surface area contributed by atoms with E-state index in [2.05, 4.69) is 102 Å². The third-order valence-electron chi connectivity index (χ3n) is 7.46. The highest BCUT2D eigenvalue weighted by atomic mass is 79.9. The number of ether oxygens (including phenoxy) is 4. The maximum absolute atomic E-state index is 6.44. The molecule has 2 aromatic carbocycles. The fourth-order valence-electron chi connectivity index (χ4n) is 5.34. The molecule has 3 saturated heterocycles. The number of hydrogen-bond acceptors (Lipinski definition) is 6. The summed E-state index contributed by atoms with van der Waals surface area (Å²) in [5, 5.41) is 1.72. The first-order chi connectivity index (χ1) is 19.7. The fourth-order valence-corrected chi connectivity index (χ4v) is 6.71. The number of hydrogen-bond donors (Lipinski definition) is 0. The second-order valence-corrected chi connectivity index (χ2v) is 12.2. The van der Waals surface area contributed by atoms with Gasteiger partial charge >= 0.3 is 0 Å². The van der Waals surface area contributed by atoms with Gasteiger partial charge in [0.25, 0.3) is 0 Å². The molecule has 40 heavy (non-hydrogen) atoms. The number of rotatable bonds is 10. The monoisotopic (exact) mass is 680 g/mol. The van der Waals surface area contributed by atoms with Gasteiger partial charge in [-0.25, -0.2) is 0 Å². The third-order valence-corrected chi connectivity index (χ3v) is 8.91. The van der Waals surface area contributed by atoms with E-state index in [0.717, 1.165) is 82.4 Å². The minimum absolute atomic E-state index is 0.0267. The van der Waals surface area contributed by atoms with Crippen LogP contribution in [0.2, 0.25) is 0 Å². The molecule has 3 heterocycles. The Morgan fingerprint density at radius 1 is 0.700 bits per heavy atom. The normalized spacial score (nSPS) is 23.4. The lowest BCUT2D eigenvalue weighted by atomic mass is 10.2. The Kier molecular flexibility index (Phi) is 15.0. The lowest BCUT2D eigenvalue weighted by Crippen LogP contribution is -2.39. The van der Waals surface area contributed by atoms with Gasteiger partial charge in [-0.3, -0.25) is 9.80 Å². The van der Waals surface area contributed by atoms with Crippen molar-refractivity contribution in [1.29, 1.82) is 0 Å². The van der Waals surface area contributed by atoms with Crippen molar-refractivity contribution in [3.8, 4) is 0 Å². The van der Waals surface area contributed by atoms with E-state index < -0.39 is 0 Å². The van der Waals surface area contributed by atoms with E-state index >= 15 is 0 Å². The van der Waals surface area contributed by atoms with Gasteiger partial charge in [0.15, 0.2) is 12.6 Å². The standard InChI is InChI=1S/C24H32N2O2.C8H14Br2O2/c1-3-9-21(10-4-1)17-25-14-15-26(18-22-11-5-2-6-12-22)20-23(19-25)28-24-13-7-8-16-27-24;9-5-7(6-10)12-8-3-1-2-4-11-8/h1-6,9-12,23-24H,7-8,13-20H2;7-8H,1-6H2. The highest BCUT2D eigenvalue weighted by Gasteiger charge is 2.27. The van der Waals surface area contributed by atoms with Crippen LogP contribution in [-0.4, -0.2) is 84.6 Å². The van der Waals surface area contributed by atoms with Crippen LogP contribution in [0.5, 0.6) is 0 Å². The molecule has 5 rings (SSSR count). The van der Waals surface area contributed by atoms with E-state index in [1.54, 1.807) is 0 Å². The Morgan fingerprint density at radius 3 is 1.65 bits per heavy atom. The molecule has 3 fully saturated rings. The highest BCUT2D eigenvalue weighted by molar-refractivity contribution is 9.09. The van der Waals surface area contributed by atoms with Crippen molar-refractivity contribution in [2.24, 2.45) is 0 Å². The van der Waals surface area contributed by atoms with E-state index in [1.165, 1.54) is 30.4 Å². The molecular weight excluding hydrogens is 636 g/mol. The largest absolute Gasteiger partial charge is 0.353 e. The Bertz CT molecular complexity index is 858. The molecule has 6 nitrogen and oxygen atoms in total. The second kappa shape index (κ2) is 18.6. The summed E-state index contributed by atoms with van der Waals surface area (Å²) < 4.78 is 23.4. The number of alkyl halides is 2. The summed E-state index contributed by atoms with van der Waals surface area (Å²) in [6.07, 6.45) is 7.22. The second-order valence-electron chi connectivity index (χ2n) is 10.9. The van der Waals surface area contributed by atoms with E-state index in [-0.39, 0.29) is 24.8 Å². The molecule has 0 aliphatic carbocycles. The van der Waals surface area contributed by atoms with E-state index in [1.807, 2.05) is 0 Å². The van der Waals surface area contributed by atoms with Crippen LogP contribution >= 0.6 is 31.9 Å². The molecule has 0 amide bonds. The van der Waals surface area contributed by atoms with Crippen molar-refractivity contribution in [1.82, 2.24) is 9.80 Å². The molecule has 0 saturated carbocycles. The van der Waals surface area contributed by atoms with Crippen LogP contribution in [0.4, 0.5) is 0 Å². The van der Waals surface area contributed by atoms with Crippen LogP contribution in [-0.2, 0) is 32.0 Å². The van der Waals surface area contributed by atoms with Crippen LogP contribution in [0.1, 0.15) is 49.7 Å². The molecular formula is C32H46Br2N2O4. The summed E-state index contributed by atoms with van der Waals surface area (Å²) >= 11 is 6.78. The maximum Gasteiger partial charge on any atom is 0.158 e. The number of halogens is 2. The molecule has 3 aliphatic rings. The summed E-state index contributed by atoms with van der Waals surface area (Å²) in [5.41, 5.74) is 2.73. The van der Waals surface area contributed by atoms with E-state index in [9.17, 15) is 0 Å². The van der Waals surface area contributed by atoms with E-state index in [0.29, 0.717) is 0 Å². The quantitative estimate of drug-likeness (QED) is 0.263. The van der Waals surface area contributed by atoms with Crippen LogP contribution in [0.3, 0.4) is 0 Å². The zero-order valence-corrected chi connectivity index (χ0v) is 26.9. The molecule has 0 aromatic heterocycles. The van der Waals surface area contributed by atoms with Gasteiger partial charge in [-0.05, 0) is 49.7 Å². The van der Waals surface area contributed by atoms with Gasteiger partial charge in [0.1, 0.15) is 0 Å². The van der Waals surface area contributed by atoms with Gasteiger partial charge in [-0.1, -0.05) is 92.5 Å². The first-order valence-electron chi connectivity index (χ1n) is 14.9. The SMILES string of the molecule is BrCC(CBr)OC1CCCCO1.c1ccc(CN2CCN(Cc3ccccc3)CC(OC3CCCCO3)C2)cc1. The molecule has 3 aliphatic heterocycles. The molecule has 0 radical (unpaired) electrons. The number of nitrogens with zero attached hydrogens (tertiary/aromatic N) is 2. The Hall–Kier alpha value is -0.840. The first kappa shape index (κ1) is 32.1. The van der Waals surface area contributed by atoms with Crippen LogP contribution in [0.25, 0.3) is 0 Å². The number of benzene rings is 2. The molecule has 8 heteroatoms. The van der Waals surface area contributed by atoms with Crippen molar-refractivity contribution in [2.75, 3.05) is 50.1 Å². The maximum atomic E-state index is 6.44. The fraction of sp³-hybridized carbons (Fsp3) is 0.625. The third kappa shape index (κ3) is 11.8. The van der Waals surface area contributed by atoms with Crippen LogP contribution in [0.15, 0.2) is 60.7 Å². The van der Waals surface area contributed by atoms with Gasteiger partial charge in [0.2, 0.25) is 0 Å². The molecule has 2 unspecified atom stereocenters. The lowest BCUT2D eigenvalue weighted by Gasteiger charge is -2.30. The summed E-state index contributed by atoms with van der Waals surface area (Å²) in [7, 11) is 0. The summed E-state index contributed by atoms with van der Waals surface area (Å²) in [6, 6.07) is 21.5. The zero-order chi connectivity index (χ0) is 27.8. The summed E-state index contributed by atoms with van der Waals surface area (Å²) in [5.74, 6) is 0. The van der Waals surface area contributed by atoms with Gasteiger partial charge in [-0.15, -0.1) is 0 Å². The summed E-state index contributed by atoms with van der Waals surface area (Å²) in [4.78, 5) is 5.07. The molecule has 0 spiro atoms. The highest BCUT2D eigenvalue weighted by Crippen LogP contribution is 2.20. The summed E-state index contributed by atoms with van der Waals surface area (Å²) in [6.45, 7) is 7.68. The van der Waals surface area contributed by atoms with Gasteiger partial charge in [0, 0.05) is 63.1 Å². The first-order valence-corrected chi connectivity index (χ1v) is 17.1. The minimum atomic E-state index is -0.0333. The molecule has 2 atom stereocenters. The minimum Gasteiger partial charge on any atom is -0.353 e. The van der Waals surface area contributed by atoms with Gasteiger partial charge in [-0.2, -0.15) is 0 Å². The van der Waals surface area contributed by atoms with Crippen LogP contribution in [0, 0.1) is 0 Å². The molecule has 222 valence electrons. The Balaban J connectivity index is 0.000000259. The van der Waals surface area contributed by atoms with Crippen LogP contribution < -0.4 is 0 Å². The van der Waals surface area contributed by atoms with Crippen molar-refractivity contribution < 1.29 is 18.9 Å². The predicted molar refractivity (Wildman–Crippen MR) is 168 cm³/mol. The van der Waals surface area contributed by atoms with E-state index in [4.69, 9.17) is 18.9 Å². The van der Waals surface area contributed by atoms with Crippen molar-refractivity contribution >= 4 is 31.9 Å².